The summed E-state index contributed by atoms with van der Waals surface area (Å²) in [6.07, 6.45) is 1.32. The van der Waals surface area contributed by atoms with Crippen LogP contribution in [0.15, 0.2) is 48.5 Å². The molecule has 1 saturated heterocycles. The Morgan fingerprint density at radius 1 is 1.00 bits per heavy atom. The molecule has 4 amide bonds. The second-order valence-corrected chi connectivity index (χ2v) is 6.73. The maximum absolute atomic E-state index is 12.8. The molecule has 8 nitrogen and oxygen atoms in total. The molecule has 2 aromatic carbocycles. The normalized spacial score (nSPS) is 15.5. The summed E-state index contributed by atoms with van der Waals surface area (Å²) in [5.74, 6) is 0.0944. The van der Waals surface area contributed by atoms with Crippen molar-refractivity contribution in [2.45, 2.75) is 25.8 Å². The van der Waals surface area contributed by atoms with Crippen LogP contribution in [0.2, 0.25) is 0 Å². The molecule has 0 unspecified atom stereocenters. The van der Waals surface area contributed by atoms with E-state index in [0.29, 0.717) is 35.8 Å². The molecule has 0 radical (unpaired) electrons. The summed E-state index contributed by atoms with van der Waals surface area (Å²) in [5, 5.41) is 8.33. The second kappa shape index (κ2) is 9.09. The maximum atomic E-state index is 12.8. The van der Waals surface area contributed by atoms with Gasteiger partial charge in [0, 0.05) is 24.8 Å². The summed E-state index contributed by atoms with van der Waals surface area (Å²) in [5.41, 5.74) is 1.69. The fraction of sp³-hybridized carbons (Fsp3) is 0.286. The minimum atomic E-state index is -0.575. The zero-order valence-corrected chi connectivity index (χ0v) is 16.4. The number of likely N-dealkylation sites (tertiary alicyclic amines) is 1. The number of nitrogens with one attached hydrogen (secondary N) is 3. The quantitative estimate of drug-likeness (QED) is 0.722. The van der Waals surface area contributed by atoms with Gasteiger partial charge < -0.3 is 25.6 Å². The zero-order valence-electron chi connectivity index (χ0n) is 16.4. The van der Waals surface area contributed by atoms with Crippen LogP contribution < -0.4 is 20.7 Å². The van der Waals surface area contributed by atoms with Crippen molar-refractivity contribution >= 4 is 34.9 Å². The van der Waals surface area contributed by atoms with Crippen LogP contribution in [0, 0.1) is 0 Å². The molecule has 0 saturated carbocycles. The number of rotatable bonds is 5. The lowest BCUT2D eigenvalue weighted by atomic mass is 10.2. The standard InChI is InChI=1S/C21H24N4O4/c1-14(26)22-15-7-5-8-16(13-15)23-20(27)18-10-6-12-25(18)21(28)24-17-9-3-4-11-19(17)29-2/h3-5,7-9,11,13,18H,6,10,12H2,1-2H3,(H,22,26)(H,23,27)(H,24,28)/t18-/m1/s1. The molecule has 3 N–H and O–H groups in total. The highest BCUT2D eigenvalue weighted by Crippen LogP contribution is 2.26. The van der Waals surface area contributed by atoms with Crippen molar-refractivity contribution < 1.29 is 19.1 Å². The van der Waals surface area contributed by atoms with Crippen LogP contribution in [0.5, 0.6) is 5.75 Å². The number of anilines is 3. The van der Waals surface area contributed by atoms with Gasteiger partial charge in [0.15, 0.2) is 0 Å². The number of carbonyl (C=O) groups excluding carboxylic acids is 3. The third-order valence-corrected chi connectivity index (χ3v) is 4.62. The third-order valence-electron chi connectivity index (χ3n) is 4.62. The SMILES string of the molecule is COc1ccccc1NC(=O)N1CCC[C@@H]1C(=O)Nc1cccc(NC(C)=O)c1. The Hall–Kier alpha value is -3.55. The number of nitrogens with zero attached hydrogens (tertiary/aromatic N) is 1. The lowest BCUT2D eigenvalue weighted by Gasteiger charge is -2.24. The van der Waals surface area contributed by atoms with Gasteiger partial charge in [-0.05, 0) is 43.2 Å². The van der Waals surface area contributed by atoms with E-state index >= 15 is 0 Å². The molecule has 0 spiro atoms. The number of benzene rings is 2. The number of carbonyl (C=O) groups is 3. The summed E-state index contributed by atoms with van der Waals surface area (Å²) in [6.45, 7) is 1.91. The topological polar surface area (TPSA) is 99.8 Å². The molecular weight excluding hydrogens is 372 g/mol. The van der Waals surface area contributed by atoms with E-state index in [0.717, 1.165) is 6.42 Å². The average Bonchev–Trinajstić information content (AvgIpc) is 3.18. The summed E-state index contributed by atoms with van der Waals surface area (Å²) in [6, 6.07) is 13.1. The Morgan fingerprint density at radius 3 is 2.45 bits per heavy atom. The monoisotopic (exact) mass is 396 g/mol. The first-order chi connectivity index (χ1) is 14.0. The van der Waals surface area contributed by atoms with Crippen molar-refractivity contribution in [2.24, 2.45) is 0 Å². The molecule has 1 aliphatic rings. The van der Waals surface area contributed by atoms with Gasteiger partial charge in [0.1, 0.15) is 11.8 Å². The highest BCUT2D eigenvalue weighted by molar-refractivity contribution is 6.00. The molecule has 1 atom stereocenters. The van der Waals surface area contributed by atoms with E-state index in [9.17, 15) is 14.4 Å². The van der Waals surface area contributed by atoms with Crippen molar-refractivity contribution in [2.75, 3.05) is 29.6 Å². The van der Waals surface area contributed by atoms with Crippen LogP contribution in [0.4, 0.5) is 21.9 Å². The molecule has 1 aliphatic heterocycles. The first kappa shape index (κ1) is 20.2. The summed E-state index contributed by atoms with van der Waals surface area (Å²) in [4.78, 5) is 38.3. The number of hydrogen-bond donors (Lipinski definition) is 3. The van der Waals surface area contributed by atoms with Gasteiger partial charge in [-0.2, -0.15) is 0 Å². The minimum Gasteiger partial charge on any atom is -0.495 e. The number of amides is 4. The first-order valence-corrected chi connectivity index (χ1v) is 9.37. The van der Waals surface area contributed by atoms with Crippen molar-refractivity contribution in [3.05, 3.63) is 48.5 Å². The fourth-order valence-electron chi connectivity index (χ4n) is 3.32. The van der Waals surface area contributed by atoms with Gasteiger partial charge in [-0.3, -0.25) is 9.59 Å². The Balaban J connectivity index is 1.67. The number of para-hydroxylation sites is 2. The molecule has 29 heavy (non-hydrogen) atoms. The predicted molar refractivity (Wildman–Crippen MR) is 111 cm³/mol. The van der Waals surface area contributed by atoms with Crippen molar-refractivity contribution in [1.29, 1.82) is 0 Å². The molecule has 0 aliphatic carbocycles. The van der Waals surface area contributed by atoms with Crippen LogP contribution in [-0.4, -0.2) is 42.4 Å². The third kappa shape index (κ3) is 5.04. The van der Waals surface area contributed by atoms with E-state index in [1.165, 1.54) is 18.9 Å². The largest absolute Gasteiger partial charge is 0.495 e. The maximum Gasteiger partial charge on any atom is 0.322 e. The highest BCUT2D eigenvalue weighted by atomic mass is 16.5. The first-order valence-electron chi connectivity index (χ1n) is 9.37. The van der Waals surface area contributed by atoms with Gasteiger partial charge in [0.05, 0.1) is 12.8 Å². The second-order valence-electron chi connectivity index (χ2n) is 6.73. The molecule has 1 heterocycles. The molecule has 0 bridgehead atoms. The van der Waals surface area contributed by atoms with E-state index in [1.54, 1.807) is 42.5 Å². The molecule has 8 heteroatoms. The summed E-state index contributed by atoms with van der Waals surface area (Å²) < 4.78 is 5.26. The van der Waals surface area contributed by atoms with Gasteiger partial charge in [0.2, 0.25) is 11.8 Å². The minimum absolute atomic E-state index is 0.191. The molecule has 0 aromatic heterocycles. The highest BCUT2D eigenvalue weighted by Gasteiger charge is 2.34. The van der Waals surface area contributed by atoms with Crippen LogP contribution in [-0.2, 0) is 9.59 Å². The Kier molecular flexibility index (Phi) is 6.33. The number of ether oxygens (including phenoxy) is 1. The van der Waals surface area contributed by atoms with Crippen LogP contribution >= 0.6 is 0 Å². The number of methoxy groups -OCH3 is 1. The number of urea groups is 1. The Labute approximate surface area is 169 Å². The smallest absolute Gasteiger partial charge is 0.322 e. The molecular formula is C21H24N4O4. The zero-order chi connectivity index (χ0) is 20.8. The van der Waals surface area contributed by atoms with Crippen molar-refractivity contribution in [3.63, 3.8) is 0 Å². The molecule has 3 rings (SSSR count). The van der Waals surface area contributed by atoms with Crippen molar-refractivity contribution in [3.8, 4) is 5.75 Å². The molecule has 152 valence electrons. The van der Waals surface area contributed by atoms with E-state index in [2.05, 4.69) is 16.0 Å². The lowest BCUT2D eigenvalue weighted by Crippen LogP contribution is -2.45. The number of hydrogen-bond acceptors (Lipinski definition) is 4. The fourth-order valence-corrected chi connectivity index (χ4v) is 3.32. The predicted octanol–water partition coefficient (Wildman–Crippen LogP) is 3.29. The lowest BCUT2D eigenvalue weighted by molar-refractivity contribution is -0.119. The average molecular weight is 396 g/mol. The van der Waals surface area contributed by atoms with Gasteiger partial charge in [-0.1, -0.05) is 18.2 Å². The molecule has 2 aromatic rings. The van der Waals surface area contributed by atoms with E-state index in [-0.39, 0.29) is 17.8 Å². The van der Waals surface area contributed by atoms with Crippen LogP contribution in [0.3, 0.4) is 0 Å². The molecule has 1 fully saturated rings. The Bertz CT molecular complexity index is 915. The van der Waals surface area contributed by atoms with E-state index in [4.69, 9.17) is 4.74 Å². The van der Waals surface area contributed by atoms with Gasteiger partial charge in [-0.15, -0.1) is 0 Å². The van der Waals surface area contributed by atoms with Gasteiger partial charge in [0.25, 0.3) is 0 Å². The van der Waals surface area contributed by atoms with Gasteiger partial charge >= 0.3 is 6.03 Å². The summed E-state index contributed by atoms with van der Waals surface area (Å²) in [7, 11) is 1.53. The van der Waals surface area contributed by atoms with E-state index < -0.39 is 6.04 Å². The van der Waals surface area contributed by atoms with Gasteiger partial charge in [-0.25, -0.2) is 4.79 Å². The van der Waals surface area contributed by atoms with Crippen LogP contribution in [0.25, 0.3) is 0 Å². The van der Waals surface area contributed by atoms with E-state index in [1.807, 2.05) is 6.07 Å². The Morgan fingerprint density at radius 2 is 1.72 bits per heavy atom. The van der Waals surface area contributed by atoms with Crippen molar-refractivity contribution in [1.82, 2.24) is 4.90 Å². The van der Waals surface area contributed by atoms with Crippen LogP contribution in [0.1, 0.15) is 19.8 Å². The summed E-state index contributed by atoms with van der Waals surface area (Å²) >= 11 is 0.